The van der Waals surface area contributed by atoms with Crippen LogP contribution in [0.4, 0.5) is 19.3 Å². The third-order valence-electron chi connectivity index (χ3n) is 5.05. The van der Waals surface area contributed by atoms with Crippen LogP contribution in [0.25, 0.3) is 0 Å². The summed E-state index contributed by atoms with van der Waals surface area (Å²) in [5.74, 6) is -1.12. The van der Waals surface area contributed by atoms with Crippen LogP contribution in [0.5, 0.6) is 0 Å². The molecule has 166 valence electrons. The first kappa shape index (κ1) is 22.6. The lowest BCUT2D eigenvalue weighted by Gasteiger charge is -2.35. The highest BCUT2D eigenvalue weighted by Gasteiger charge is 2.33. The van der Waals surface area contributed by atoms with Crippen LogP contribution in [0.15, 0.2) is 48.5 Å². The van der Waals surface area contributed by atoms with Crippen molar-refractivity contribution in [3.05, 3.63) is 65.7 Å². The van der Waals surface area contributed by atoms with Crippen molar-refractivity contribution in [3.8, 4) is 0 Å². The van der Waals surface area contributed by atoms with E-state index < -0.39 is 30.1 Å². The molecule has 9 heteroatoms. The summed E-state index contributed by atoms with van der Waals surface area (Å²) >= 11 is 0. The molecular formula is C22H25F2N3O4. The van der Waals surface area contributed by atoms with E-state index >= 15 is 0 Å². The molecule has 3 amide bonds. The molecule has 0 bridgehead atoms. The zero-order valence-electron chi connectivity index (χ0n) is 16.8. The molecular weight excluding hydrogens is 408 g/mol. The largest absolute Gasteiger partial charge is 0.394 e. The number of amides is 3. The molecule has 0 saturated carbocycles. The fraction of sp³-hybridized carbons (Fsp3) is 0.364. The van der Waals surface area contributed by atoms with Crippen LogP contribution in [0.3, 0.4) is 0 Å². The van der Waals surface area contributed by atoms with Crippen molar-refractivity contribution in [1.29, 1.82) is 0 Å². The predicted molar refractivity (Wildman–Crippen MR) is 110 cm³/mol. The van der Waals surface area contributed by atoms with E-state index in [1.54, 1.807) is 18.2 Å². The molecule has 0 spiro atoms. The van der Waals surface area contributed by atoms with Gasteiger partial charge in [-0.2, -0.15) is 0 Å². The van der Waals surface area contributed by atoms with Gasteiger partial charge in [-0.25, -0.2) is 13.6 Å². The molecule has 7 nitrogen and oxygen atoms in total. The Balaban J connectivity index is 1.45. The van der Waals surface area contributed by atoms with Crippen molar-refractivity contribution >= 4 is 17.6 Å². The Kier molecular flexibility index (Phi) is 7.91. The zero-order chi connectivity index (χ0) is 22.2. The number of rotatable bonds is 7. The van der Waals surface area contributed by atoms with Crippen LogP contribution in [-0.4, -0.2) is 41.9 Å². The Morgan fingerprint density at radius 1 is 1.06 bits per heavy atom. The quantitative estimate of drug-likeness (QED) is 0.540. The van der Waals surface area contributed by atoms with Gasteiger partial charge in [0.2, 0.25) is 5.91 Å². The van der Waals surface area contributed by atoms with E-state index in [1.807, 2.05) is 0 Å². The lowest BCUT2D eigenvalue weighted by atomic mass is 9.97. The number of benzene rings is 2. The molecule has 1 heterocycles. The maximum atomic E-state index is 13.7. The SMILES string of the molecule is O=C(C[C@H]1CC[C@H](NC(=O)Nc2ccccc2F)[C@H](CO)O1)NCc1ccc(F)cc1. The van der Waals surface area contributed by atoms with Gasteiger partial charge in [-0.05, 0) is 42.7 Å². The van der Waals surface area contributed by atoms with Gasteiger partial charge in [0.1, 0.15) is 17.7 Å². The first-order valence-corrected chi connectivity index (χ1v) is 10.0. The van der Waals surface area contributed by atoms with E-state index in [0.29, 0.717) is 12.8 Å². The number of hydrogen-bond acceptors (Lipinski definition) is 4. The maximum absolute atomic E-state index is 13.7. The summed E-state index contributed by atoms with van der Waals surface area (Å²) in [5.41, 5.74) is 0.825. The third kappa shape index (κ3) is 6.73. The van der Waals surface area contributed by atoms with Gasteiger partial charge < -0.3 is 25.8 Å². The molecule has 0 aromatic heterocycles. The number of urea groups is 1. The molecule has 3 rings (SSSR count). The van der Waals surface area contributed by atoms with E-state index in [-0.39, 0.29) is 37.0 Å². The summed E-state index contributed by atoms with van der Waals surface area (Å²) in [4.78, 5) is 24.4. The van der Waals surface area contributed by atoms with E-state index in [2.05, 4.69) is 16.0 Å². The van der Waals surface area contributed by atoms with Gasteiger partial charge in [-0.1, -0.05) is 24.3 Å². The maximum Gasteiger partial charge on any atom is 0.319 e. The van der Waals surface area contributed by atoms with E-state index in [9.17, 15) is 23.5 Å². The van der Waals surface area contributed by atoms with Crippen LogP contribution >= 0.6 is 0 Å². The average molecular weight is 433 g/mol. The minimum atomic E-state index is -0.685. The average Bonchev–Trinajstić information content (AvgIpc) is 2.76. The minimum absolute atomic E-state index is 0.0491. The number of nitrogens with one attached hydrogen (secondary N) is 3. The predicted octanol–water partition coefficient (Wildman–Crippen LogP) is 2.70. The Labute approximate surface area is 178 Å². The lowest BCUT2D eigenvalue weighted by molar-refractivity contribution is -0.130. The van der Waals surface area contributed by atoms with Gasteiger partial charge in [0.05, 0.1) is 30.9 Å². The fourth-order valence-electron chi connectivity index (χ4n) is 3.42. The molecule has 1 fully saturated rings. The van der Waals surface area contributed by atoms with Crippen molar-refractivity contribution in [3.63, 3.8) is 0 Å². The number of halogens is 2. The summed E-state index contributed by atoms with van der Waals surface area (Å²) in [6.45, 7) is -0.0615. The standard InChI is InChI=1S/C22H25F2N3O4/c23-15-7-5-14(6-8-15)12-25-21(29)11-16-9-10-19(20(13-28)31-16)27-22(30)26-18-4-2-1-3-17(18)24/h1-8,16,19-20,28H,9-13H2,(H,25,29)(H2,26,27,30)/t16-,19+,20+/m1/s1. The molecule has 0 unspecified atom stereocenters. The molecule has 1 saturated heterocycles. The van der Waals surface area contributed by atoms with Crippen LogP contribution in [0.2, 0.25) is 0 Å². The molecule has 0 aliphatic carbocycles. The Bertz CT molecular complexity index is 895. The third-order valence-corrected chi connectivity index (χ3v) is 5.05. The molecule has 4 N–H and O–H groups in total. The number of para-hydroxylation sites is 1. The van der Waals surface area contributed by atoms with Gasteiger partial charge in [-0.15, -0.1) is 0 Å². The number of anilines is 1. The Hall–Kier alpha value is -3.04. The van der Waals surface area contributed by atoms with Crippen molar-refractivity contribution in [2.24, 2.45) is 0 Å². The summed E-state index contributed by atoms with van der Waals surface area (Å²) in [5, 5.41) is 17.5. The van der Waals surface area contributed by atoms with Crippen molar-refractivity contribution in [1.82, 2.24) is 10.6 Å². The van der Waals surface area contributed by atoms with Crippen LogP contribution in [0, 0.1) is 11.6 Å². The molecule has 31 heavy (non-hydrogen) atoms. The Morgan fingerprint density at radius 2 is 1.81 bits per heavy atom. The van der Waals surface area contributed by atoms with Crippen LogP contribution < -0.4 is 16.0 Å². The molecule has 0 radical (unpaired) electrons. The minimum Gasteiger partial charge on any atom is -0.394 e. The van der Waals surface area contributed by atoms with E-state index in [1.165, 1.54) is 30.3 Å². The first-order chi connectivity index (χ1) is 14.9. The van der Waals surface area contributed by atoms with E-state index in [4.69, 9.17) is 4.74 Å². The zero-order valence-corrected chi connectivity index (χ0v) is 16.8. The molecule has 2 aromatic rings. The van der Waals surface area contributed by atoms with Gasteiger partial charge >= 0.3 is 6.03 Å². The first-order valence-electron chi connectivity index (χ1n) is 10.0. The Morgan fingerprint density at radius 3 is 2.52 bits per heavy atom. The van der Waals surface area contributed by atoms with Crippen LogP contribution in [-0.2, 0) is 16.1 Å². The summed E-state index contributed by atoms with van der Waals surface area (Å²) in [6, 6.07) is 10.6. The summed E-state index contributed by atoms with van der Waals surface area (Å²) in [6.07, 6.45) is 0.0102. The number of hydrogen-bond donors (Lipinski definition) is 4. The summed E-state index contributed by atoms with van der Waals surface area (Å²) in [7, 11) is 0. The number of aliphatic hydroxyl groups excluding tert-OH is 1. The normalized spacial score (nSPS) is 20.7. The monoisotopic (exact) mass is 433 g/mol. The van der Waals surface area contributed by atoms with Crippen LogP contribution in [0.1, 0.15) is 24.8 Å². The fourth-order valence-corrected chi connectivity index (χ4v) is 3.42. The van der Waals surface area contributed by atoms with Gasteiger partial charge in [-0.3, -0.25) is 4.79 Å². The van der Waals surface area contributed by atoms with Gasteiger partial charge in [0.15, 0.2) is 0 Å². The number of ether oxygens (including phenoxy) is 1. The molecule has 1 aliphatic rings. The molecule has 3 atom stereocenters. The summed E-state index contributed by atoms with van der Waals surface area (Å²) < 4.78 is 32.4. The second-order valence-corrected chi connectivity index (χ2v) is 7.35. The highest BCUT2D eigenvalue weighted by atomic mass is 19.1. The van der Waals surface area contributed by atoms with Gasteiger partial charge in [0.25, 0.3) is 0 Å². The topological polar surface area (TPSA) is 99.7 Å². The van der Waals surface area contributed by atoms with E-state index in [0.717, 1.165) is 5.56 Å². The number of carbonyl (C=O) groups is 2. The van der Waals surface area contributed by atoms with Crippen molar-refractivity contribution < 1.29 is 28.2 Å². The number of carbonyl (C=O) groups excluding carboxylic acids is 2. The molecule has 2 aromatic carbocycles. The van der Waals surface area contributed by atoms with Gasteiger partial charge in [0, 0.05) is 6.54 Å². The lowest BCUT2D eigenvalue weighted by Crippen LogP contribution is -2.52. The second-order valence-electron chi connectivity index (χ2n) is 7.35. The second kappa shape index (κ2) is 10.8. The highest BCUT2D eigenvalue weighted by molar-refractivity contribution is 5.89. The molecule has 1 aliphatic heterocycles. The smallest absolute Gasteiger partial charge is 0.319 e. The van der Waals surface area contributed by atoms with Crippen molar-refractivity contribution in [2.75, 3.05) is 11.9 Å². The highest BCUT2D eigenvalue weighted by Crippen LogP contribution is 2.22. The van der Waals surface area contributed by atoms with Crippen molar-refractivity contribution in [2.45, 2.75) is 44.1 Å². The number of aliphatic hydroxyl groups is 1.